The highest BCUT2D eigenvalue weighted by Gasteiger charge is 2.14. The van der Waals surface area contributed by atoms with Crippen LogP contribution in [0.4, 0.5) is 0 Å². The number of hydrogen-bond acceptors (Lipinski definition) is 4. The third-order valence-corrected chi connectivity index (χ3v) is 1.59. The summed E-state index contributed by atoms with van der Waals surface area (Å²) in [5, 5.41) is 27.0. The van der Waals surface area contributed by atoms with Crippen molar-refractivity contribution in [2.45, 2.75) is 32.6 Å². The molecule has 12 heavy (non-hydrogen) atoms. The molecule has 0 aromatic rings. The summed E-state index contributed by atoms with van der Waals surface area (Å²) in [4.78, 5) is 1.66. The lowest BCUT2D eigenvalue weighted by molar-refractivity contribution is -0.0504. The van der Waals surface area contributed by atoms with Gasteiger partial charge in [-0.05, 0) is 13.3 Å². The zero-order valence-electron chi connectivity index (χ0n) is 7.77. The predicted octanol–water partition coefficient (Wildman–Crippen LogP) is -0.610. The van der Waals surface area contributed by atoms with E-state index >= 15 is 0 Å². The molecule has 0 aromatic heterocycles. The molecule has 0 aliphatic rings. The second kappa shape index (κ2) is 6.37. The highest BCUT2D eigenvalue weighted by molar-refractivity contribution is 4.63. The van der Waals surface area contributed by atoms with Gasteiger partial charge in [0.1, 0.15) is 6.23 Å². The van der Waals surface area contributed by atoms with Gasteiger partial charge >= 0.3 is 0 Å². The summed E-state index contributed by atoms with van der Waals surface area (Å²) < 4.78 is 0. The fraction of sp³-hybridized carbons (Fsp3) is 1.00. The van der Waals surface area contributed by atoms with Gasteiger partial charge in [-0.2, -0.15) is 0 Å². The van der Waals surface area contributed by atoms with Crippen molar-refractivity contribution < 1.29 is 15.3 Å². The number of aliphatic hydroxyl groups excluding tert-OH is 3. The van der Waals surface area contributed by atoms with Gasteiger partial charge in [0.15, 0.2) is 0 Å². The van der Waals surface area contributed by atoms with Crippen LogP contribution in [0, 0.1) is 0 Å². The Bertz CT molecular complexity index is 108. The summed E-state index contributed by atoms with van der Waals surface area (Å²) in [7, 11) is 0. The van der Waals surface area contributed by atoms with Crippen LogP contribution in [0.15, 0.2) is 0 Å². The van der Waals surface area contributed by atoms with Gasteiger partial charge < -0.3 is 15.3 Å². The van der Waals surface area contributed by atoms with Crippen molar-refractivity contribution in [2.75, 3.05) is 19.7 Å². The van der Waals surface area contributed by atoms with Crippen molar-refractivity contribution in [3.8, 4) is 0 Å². The van der Waals surface area contributed by atoms with Crippen LogP contribution in [-0.2, 0) is 0 Å². The summed E-state index contributed by atoms with van der Waals surface area (Å²) in [6.45, 7) is 4.45. The molecule has 0 bridgehead atoms. The van der Waals surface area contributed by atoms with Gasteiger partial charge in [-0.3, -0.25) is 4.90 Å². The van der Waals surface area contributed by atoms with Gasteiger partial charge in [0.05, 0.1) is 12.7 Å². The monoisotopic (exact) mass is 177 g/mol. The van der Waals surface area contributed by atoms with Crippen molar-refractivity contribution in [2.24, 2.45) is 0 Å². The third-order valence-electron chi connectivity index (χ3n) is 1.59. The normalized spacial score (nSPS) is 16.5. The fourth-order valence-electron chi connectivity index (χ4n) is 1.10. The van der Waals surface area contributed by atoms with Crippen molar-refractivity contribution >= 4 is 0 Å². The van der Waals surface area contributed by atoms with Crippen LogP contribution in [0.2, 0.25) is 0 Å². The molecule has 2 atom stereocenters. The summed E-state index contributed by atoms with van der Waals surface area (Å²) in [6.07, 6.45) is -0.429. The van der Waals surface area contributed by atoms with E-state index in [-0.39, 0.29) is 6.61 Å². The SMILES string of the molecule is CCCN(CC(C)O)C(O)CO. The average Bonchev–Trinajstić information content (AvgIpc) is 2.01. The second-order valence-electron chi connectivity index (χ2n) is 3.01. The van der Waals surface area contributed by atoms with Crippen LogP contribution >= 0.6 is 0 Å². The molecule has 0 radical (unpaired) electrons. The Morgan fingerprint density at radius 1 is 1.33 bits per heavy atom. The molecule has 0 aliphatic carbocycles. The Kier molecular flexibility index (Phi) is 6.28. The van der Waals surface area contributed by atoms with E-state index in [9.17, 15) is 5.11 Å². The number of nitrogens with zero attached hydrogens (tertiary/aromatic N) is 1. The molecule has 0 heterocycles. The molecule has 0 aliphatic heterocycles. The molecule has 0 amide bonds. The lowest BCUT2D eigenvalue weighted by Gasteiger charge is -2.26. The van der Waals surface area contributed by atoms with Crippen LogP contribution in [0.25, 0.3) is 0 Å². The average molecular weight is 177 g/mol. The molecular weight excluding hydrogens is 158 g/mol. The topological polar surface area (TPSA) is 63.9 Å². The van der Waals surface area contributed by atoms with Crippen LogP contribution < -0.4 is 0 Å². The lowest BCUT2D eigenvalue weighted by atomic mass is 10.3. The quantitative estimate of drug-likeness (QED) is 0.474. The van der Waals surface area contributed by atoms with Gasteiger partial charge in [0.2, 0.25) is 0 Å². The van der Waals surface area contributed by atoms with Crippen LogP contribution in [0.1, 0.15) is 20.3 Å². The van der Waals surface area contributed by atoms with Gasteiger partial charge in [0.25, 0.3) is 0 Å². The van der Waals surface area contributed by atoms with E-state index in [1.54, 1.807) is 11.8 Å². The van der Waals surface area contributed by atoms with E-state index in [2.05, 4.69) is 0 Å². The van der Waals surface area contributed by atoms with Crippen molar-refractivity contribution in [1.29, 1.82) is 0 Å². The standard InChI is InChI=1S/C8H19NO3/c1-3-4-9(5-7(2)11)8(12)6-10/h7-8,10-12H,3-6H2,1-2H3. The minimum Gasteiger partial charge on any atom is -0.392 e. The summed E-state index contributed by atoms with van der Waals surface area (Å²) in [5.74, 6) is 0. The number of hydrogen-bond donors (Lipinski definition) is 3. The van der Waals surface area contributed by atoms with Gasteiger partial charge in [-0.25, -0.2) is 0 Å². The first-order valence-corrected chi connectivity index (χ1v) is 4.32. The van der Waals surface area contributed by atoms with Gasteiger partial charge in [0, 0.05) is 13.1 Å². The molecule has 0 spiro atoms. The summed E-state index contributed by atoms with van der Waals surface area (Å²) in [6, 6.07) is 0. The number of aliphatic hydroxyl groups is 3. The second-order valence-corrected chi connectivity index (χ2v) is 3.01. The molecule has 0 aromatic carbocycles. The first kappa shape index (κ1) is 11.8. The molecule has 4 heteroatoms. The summed E-state index contributed by atoms with van der Waals surface area (Å²) in [5.41, 5.74) is 0. The van der Waals surface area contributed by atoms with E-state index in [1.807, 2.05) is 6.92 Å². The van der Waals surface area contributed by atoms with E-state index < -0.39 is 12.3 Å². The molecule has 0 saturated carbocycles. The maximum atomic E-state index is 9.26. The van der Waals surface area contributed by atoms with E-state index in [0.717, 1.165) is 6.42 Å². The minimum absolute atomic E-state index is 0.285. The molecule has 3 N–H and O–H groups in total. The zero-order chi connectivity index (χ0) is 9.56. The molecule has 0 fully saturated rings. The Labute approximate surface area is 73.4 Å². The van der Waals surface area contributed by atoms with Crippen LogP contribution in [0.3, 0.4) is 0 Å². The Morgan fingerprint density at radius 3 is 2.25 bits per heavy atom. The van der Waals surface area contributed by atoms with Crippen molar-refractivity contribution in [1.82, 2.24) is 4.90 Å². The zero-order valence-corrected chi connectivity index (χ0v) is 7.77. The highest BCUT2D eigenvalue weighted by atomic mass is 16.3. The first-order chi connectivity index (χ1) is 5.61. The van der Waals surface area contributed by atoms with E-state index in [1.165, 1.54) is 0 Å². The molecule has 0 saturated heterocycles. The van der Waals surface area contributed by atoms with Crippen molar-refractivity contribution in [3.63, 3.8) is 0 Å². The number of rotatable bonds is 6. The smallest absolute Gasteiger partial charge is 0.130 e. The third kappa shape index (κ3) is 4.66. The maximum absolute atomic E-state index is 9.26. The predicted molar refractivity (Wildman–Crippen MR) is 46.6 cm³/mol. The van der Waals surface area contributed by atoms with E-state index in [0.29, 0.717) is 13.1 Å². The molecule has 2 unspecified atom stereocenters. The van der Waals surface area contributed by atoms with Crippen LogP contribution in [-0.4, -0.2) is 52.2 Å². The van der Waals surface area contributed by atoms with Gasteiger partial charge in [-0.15, -0.1) is 0 Å². The highest BCUT2D eigenvalue weighted by Crippen LogP contribution is 1.99. The largest absolute Gasteiger partial charge is 0.392 e. The summed E-state index contributed by atoms with van der Waals surface area (Å²) >= 11 is 0. The minimum atomic E-state index is -0.848. The molecule has 0 rings (SSSR count). The Balaban J connectivity index is 3.84. The molecular formula is C8H19NO3. The fourth-order valence-corrected chi connectivity index (χ4v) is 1.10. The van der Waals surface area contributed by atoms with Gasteiger partial charge in [-0.1, -0.05) is 6.92 Å². The lowest BCUT2D eigenvalue weighted by Crippen LogP contribution is -2.42. The van der Waals surface area contributed by atoms with Crippen LogP contribution in [0.5, 0.6) is 0 Å². The molecule has 74 valence electrons. The first-order valence-electron chi connectivity index (χ1n) is 4.32. The van der Waals surface area contributed by atoms with Crippen molar-refractivity contribution in [3.05, 3.63) is 0 Å². The van der Waals surface area contributed by atoms with E-state index in [4.69, 9.17) is 10.2 Å². The molecule has 4 nitrogen and oxygen atoms in total. The Hall–Kier alpha value is -0.160. The maximum Gasteiger partial charge on any atom is 0.130 e. The Morgan fingerprint density at radius 2 is 1.92 bits per heavy atom.